The molecule has 1 heterocycles. The van der Waals surface area contributed by atoms with Crippen molar-refractivity contribution >= 4 is 10.0 Å². The number of nitrogens with zero attached hydrogens (tertiary/aromatic N) is 1. The zero-order valence-corrected chi connectivity index (χ0v) is 8.76. The summed E-state index contributed by atoms with van der Waals surface area (Å²) in [7, 11) is -3.42. The van der Waals surface area contributed by atoms with E-state index in [1.54, 1.807) is 48.5 Å². The van der Waals surface area contributed by atoms with E-state index in [4.69, 9.17) is 0 Å². The number of aromatic nitrogens is 1. The molecule has 0 N–H and O–H groups in total. The third-order valence-corrected chi connectivity index (χ3v) is 3.67. The highest BCUT2D eigenvalue weighted by Crippen LogP contribution is 2.06. The van der Waals surface area contributed by atoms with Gasteiger partial charge in [0.2, 0.25) is 0 Å². The van der Waals surface area contributed by atoms with Crippen molar-refractivity contribution in [3.8, 4) is 0 Å². The van der Waals surface area contributed by atoms with Gasteiger partial charge < -0.3 is 0 Å². The molecule has 0 fully saturated rings. The minimum Gasteiger partial charge on any atom is -0.158 e. The highest BCUT2D eigenvalue weighted by molar-refractivity contribution is 7.85. The molecule has 0 spiro atoms. The summed E-state index contributed by atoms with van der Waals surface area (Å²) >= 11 is 0. The summed E-state index contributed by atoms with van der Waals surface area (Å²) in [5.41, 5.74) is 0. The molecule has 0 atom stereocenters. The highest BCUT2D eigenvalue weighted by Gasteiger charge is 2.23. The molecule has 76 valence electrons. The number of hydrogen-bond donors (Lipinski definition) is 0. The van der Waals surface area contributed by atoms with Crippen LogP contribution < -0.4 is 3.97 Å². The minimum absolute atomic E-state index is 0.293. The van der Waals surface area contributed by atoms with Crippen LogP contribution in [0.2, 0.25) is 0 Å². The van der Waals surface area contributed by atoms with Gasteiger partial charge in [-0.05, 0) is 12.1 Å². The van der Waals surface area contributed by atoms with Crippen molar-refractivity contribution in [2.24, 2.45) is 0 Å². The predicted molar refractivity (Wildman–Crippen MR) is 55.7 cm³/mol. The smallest absolute Gasteiger partial charge is 0.158 e. The normalized spacial score (nSPS) is 11.2. The summed E-state index contributed by atoms with van der Waals surface area (Å²) in [5.74, 6) is 0. The molecule has 1 aromatic carbocycles. The van der Waals surface area contributed by atoms with Gasteiger partial charge in [-0.3, -0.25) is 0 Å². The monoisotopic (exact) mass is 220 g/mol. The molecule has 4 heteroatoms. The molecule has 2 aromatic rings. The predicted octanol–water partition coefficient (Wildman–Crippen LogP) is 1.21. The van der Waals surface area contributed by atoms with Gasteiger partial charge in [0.25, 0.3) is 0 Å². The van der Waals surface area contributed by atoms with Crippen molar-refractivity contribution in [2.45, 2.75) is 4.90 Å². The molecule has 0 aliphatic carbocycles. The van der Waals surface area contributed by atoms with Crippen molar-refractivity contribution in [3.63, 3.8) is 0 Å². The van der Waals surface area contributed by atoms with Crippen LogP contribution in [0.25, 0.3) is 0 Å². The van der Waals surface area contributed by atoms with E-state index in [-0.39, 0.29) is 0 Å². The van der Waals surface area contributed by atoms with Crippen molar-refractivity contribution < 1.29 is 12.4 Å². The highest BCUT2D eigenvalue weighted by atomic mass is 32.2. The van der Waals surface area contributed by atoms with Gasteiger partial charge in [0, 0.05) is 12.1 Å². The van der Waals surface area contributed by atoms with Gasteiger partial charge in [0.1, 0.15) is 4.90 Å². The van der Waals surface area contributed by atoms with Crippen LogP contribution >= 0.6 is 0 Å². The van der Waals surface area contributed by atoms with Crippen molar-refractivity contribution in [3.05, 3.63) is 60.9 Å². The Morgan fingerprint density at radius 2 is 1.33 bits per heavy atom. The third-order valence-electron chi connectivity index (χ3n) is 2.01. The molecule has 0 radical (unpaired) electrons. The zero-order valence-electron chi connectivity index (χ0n) is 7.95. The van der Waals surface area contributed by atoms with Gasteiger partial charge in [0.05, 0.1) is 0 Å². The quantitative estimate of drug-likeness (QED) is 0.713. The van der Waals surface area contributed by atoms with E-state index in [2.05, 4.69) is 0 Å². The lowest BCUT2D eigenvalue weighted by atomic mass is 10.4. The first-order valence-electron chi connectivity index (χ1n) is 4.48. The Kier molecular flexibility index (Phi) is 2.51. The maximum atomic E-state index is 12.0. The van der Waals surface area contributed by atoms with Crippen LogP contribution in [0, 0.1) is 0 Å². The van der Waals surface area contributed by atoms with Crippen molar-refractivity contribution in [1.82, 2.24) is 0 Å². The van der Waals surface area contributed by atoms with Gasteiger partial charge in [-0.25, -0.2) is 0 Å². The Morgan fingerprint density at radius 1 is 0.800 bits per heavy atom. The third kappa shape index (κ3) is 1.89. The average molecular weight is 220 g/mol. The molecule has 0 saturated carbocycles. The molecule has 0 saturated heterocycles. The Morgan fingerprint density at radius 3 is 1.93 bits per heavy atom. The van der Waals surface area contributed by atoms with E-state index in [0.29, 0.717) is 4.90 Å². The van der Waals surface area contributed by atoms with Crippen LogP contribution in [-0.4, -0.2) is 8.42 Å². The summed E-state index contributed by atoms with van der Waals surface area (Å²) in [5, 5.41) is 0. The lowest BCUT2D eigenvalue weighted by Crippen LogP contribution is -2.41. The number of pyridine rings is 1. The maximum Gasteiger partial charge on any atom is 0.399 e. The molecule has 2 rings (SSSR count). The number of rotatable bonds is 2. The fraction of sp³-hybridized carbons (Fsp3) is 0. The first kappa shape index (κ1) is 9.86. The van der Waals surface area contributed by atoms with Crippen molar-refractivity contribution in [2.75, 3.05) is 0 Å². The van der Waals surface area contributed by atoms with Crippen LogP contribution in [0.15, 0.2) is 65.8 Å². The molecule has 1 aromatic heterocycles. The first-order chi connectivity index (χ1) is 7.21. The van der Waals surface area contributed by atoms with Crippen LogP contribution in [0.3, 0.4) is 0 Å². The van der Waals surface area contributed by atoms with Gasteiger partial charge in [-0.2, -0.15) is 8.42 Å². The van der Waals surface area contributed by atoms with Gasteiger partial charge in [0.15, 0.2) is 12.4 Å². The van der Waals surface area contributed by atoms with Gasteiger partial charge in [-0.15, -0.1) is 0 Å². The Hall–Kier alpha value is -1.68. The van der Waals surface area contributed by atoms with E-state index in [0.717, 1.165) is 0 Å². The van der Waals surface area contributed by atoms with E-state index < -0.39 is 10.0 Å². The number of benzene rings is 1. The van der Waals surface area contributed by atoms with Gasteiger partial charge >= 0.3 is 10.0 Å². The average Bonchev–Trinajstić information content (AvgIpc) is 2.31. The molecule has 3 nitrogen and oxygen atoms in total. The molecule has 0 aliphatic heterocycles. The second-order valence-corrected chi connectivity index (χ2v) is 4.87. The van der Waals surface area contributed by atoms with E-state index in [9.17, 15) is 8.42 Å². The van der Waals surface area contributed by atoms with Crippen LogP contribution in [0.1, 0.15) is 0 Å². The molecule has 0 amide bonds. The summed E-state index contributed by atoms with van der Waals surface area (Å²) in [6.45, 7) is 0. The Balaban J connectivity index is 2.55. The molecule has 0 unspecified atom stereocenters. The molecular formula is C11H10NO2S+. The van der Waals surface area contributed by atoms with Crippen LogP contribution in [0.5, 0.6) is 0 Å². The van der Waals surface area contributed by atoms with E-state index >= 15 is 0 Å². The summed E-state index contributed by atoms with van der Waals surface area (Å²) in [6.07, 6.45) is 3.03. The lowest BCUT2D eigenvalue weighted by Gasteiger charge is -1.97. The fourth-order valence-corrected chi connectivity index (χ4v) is 2.46. The summed E-state index contributed by atoms with van der Waals surface area (Å²) in [4.78, 5) is 0.293. The summed E-state index contributed by atoms with van der Waals surface area (Å²) < 4.78 is 25.2. The van der Waals surface area contributed by atoms with Crippen LogP contribution in [0.4, 0.5) is 0 Å². The van der Waals surface area contributed by atoms with Gasteiger partial charge in [-0.1, -0.05) is 28.2 Å². The molecule has 0 bridgehead atoms. The minimum atomic E-state index is -3.42. The standard InChI is InChI=1S/C11H10NO2S/c13-15(14,11-7-3-1-4-8-11)12-9-5-2-6-10-12/h1-10H/q+1. The zero-order chi connectivity index (χ0) is 10.7. The Labute approximate surface area is 88.7 Å². The Bertz CT molecular complexity index is 490. The van der Waals surface area contributed by atoms with E-state index in [1.807, 2.05) is 0 Å². The second-order valence-electron chi connectivity index (χ2n) is 3.02. The van der Waals surface area contributed by atoms with Crippen LogP contribution in [-0.2, 0) is 10.0 Å². The van der Waals surface area contributed by atoms with E-state index in [1.165, 1.54) is 16.4 Å². The first-order valence-corrected chi connectivity index (χ1v) is 5.92. The lowest BCUT2D eigenvalue weighted by molar-refractivity contribution is -0.511. The topological polar surface area (TPSA) is 38.0 Å². The molecule has 0 aliphatic rings. The molecular weight excluding hydrogens is 210 g/mol. The van der Waals surface area contributed by atoms with Crippen molar-refractivity contribution in [1.29, 1.82) is 0 Å². The second kappa shape index (κ2) is 3.82. The maximum absolute atomic E-state index is 12.0. The SMILES string of the molecule is O=S(=O)(c1ccccc1)[n+]1ccccc1. The fourth-order valence-electron chi connectivity index (χ4n) is 1.26. The molecule has 15 heavy (non-hydrogen) atoms. The summed E-state index contributed by atoms with van der Waals surface area (Å²) in [6, 6.07) is 13.5. The number of hydrogen-bond acceptors (Lipinski definition) is 2. The largest absolute Gasteiger partial charge is 0.399 e.